The number of esters is 1. The molecule has 10 heteroatoms. The number of fused-ring (bicyclic) bond motifs is 1. The fraction of sp³-hybridized carbons (Fsp3) is 0.0625. The second kappa shape index (κ2) is 6.81. The van der Waals surface area contributed by atoms with Gasteiger partial charge in [0.25, 0.3) is 11.2 Å². The van der Waals surface area contributed by atoms with Crippen molar-refractivity contribution in [2.24, 2.45) is 0 Å². The first-order chi connectivity index (χ1) is 12.3. The molecule has 3 rings (SSSR count). The number of benzene rings is 2. The lowest BCUT2D eigenvalue weighted by atomic mass is 10.2. The fourth-order valence-electron chi connectivity index (χ4n) is 2.28. The van der Waals surface area contributed by atoms with E-state index in [-0.39, 0.29) is 23.7 Å². The number of anilines is 1. The minimum Gasteiger partial charge on any atom is -0.454 e. The molecule has 9 nitrogen and oxygen atoms in total. The van der Waals surface area contributed by atoms with Gasteiger partial charge < -0.3 is 15.5 Å². The number of aromatic nitrogens is 2. The van der Waals surface area contributed by atoms with Crippen LogP contribution >= 0.6 is 11.6 Å². The summed E-state index contributed by atoms with van der Waals surface area (Å²) in [5, 5.41) is 11.6. The molecule has 132 valence electrons. The molecule has 0 bridgehead atoms. The molecular weight excluding hydrogens is 364 g/mol. The average Bonchev–Trinajstić information content (AvgIpc) is 2.59. The highest BCUT2D eigenvalue weighted by Crippen LogP contribution is 2.23. The Balaban J connectivity index is 1.82. The van der Waals surface area contributed by atoms with Crippen molar-refractivity contribution in [1.29, 1.82) is 0 Å². The Morgan fingerprint density at radius 1 is 1.31 bits per heavy atom. The fourth-order valence-corrected chi connectivity index (χ4v) is 2.44. The van der Waals surface area contributed by atoms with Crippen LogP contribution in [0.4, 0.5) is 11.4 Å². The molecule has 0 saturated heterocycles. The summed E-state index contributed by atoms with van der Waals surface area (Å²) < 4.78 is 5.05. The summed E-state index contributed by atoms with van der Waals surface area (Å²) in [5.41, 5.74) is 4.93. The number of carbonyl (C=O) groups excluding carboxylic acids is 1. The number of halogens is 1. The molecule has 0 amide bonds. The predicted octanol–water partition coefficient (Wildman–Crippen LogP) is 2.42. The summed E-state index contributed by atoms with van der Waals surface area (Å²) in [7, 11) is 0. The monoisotopic (exact) mass is 374 g/mol. The number of hydrogen-bond acceptors (Lipinski definition) is 7. The third kappa shape index (κ3) is 3.47. The van der Waals surface area contributed by atoms with Gasteiger partial charge in [-0.25, -0.2) is 9.78 Å². The number of carbonyl (C=O) groups is 1. The standard InChI is InChI=1S/C16H11ClN4O5/c17-9-2-3-10-12(6-9)19-14(20-15(10)22)7-26-16(23)8-1-4-11(18)13(5-8)21(24)25/h1-6H,7,18H2,(H,19,20,22). The molecule has 0 spiro atoms. The molecule has 0 aliphatic carbocycles. The van der Waals surface area contributed by atoms with E-state index in [0.717, 1.165) is 6.07 Å². The average molecular weight is 375 g/mol. The van der Waals surface area contributed by atoms with Crippen molar-refractivity contribution in [3.63, 3.8) is 0 Å². The molecule has 0 fully saturated rings. The van der Waals surface area contributed by atoms with Crippen LogP contribution in [-0.2, 0) is 11.3 Å². The van der Waals surface area contributed by atoms with E-state index in [1.165, 1.54) is 24.3 Å². The molecule has 26 heavy (non-hydrogen) atoms. The first-order valence-corrected chi connectivity index (χ1v) is 7.62. The first-order valence-electron chi connectivity index (χ1n) is 7.24. The molecule has 0 radical (unpaired) electrons. The number of nitro benzene ring substituents is 1. The van der Waals surface area contributed by atoms with Crippen molar-refractivity contribution in [1.82, 2.24) is 9.97 Å². The van der Waals surface area contributed by atoms with Gasteiger partial charge in [-0.05, 0) is 30.3 Å². The maximum absolute atomic E-state index is 12.1. The van der Waals surface area contributed by atoms with Crippen LogP contribution in [0.5, 0.6) is 0 Å². The Morgan fingerprint density at radius 2 is 2.08 bits per heavy atom. The molecule has 0 unspecified atom stereocenters. The van der Waals surface area contributed by atoms with E-state index in [0.29, 0.717) is 15.9 Å². The molecule has 2 aromatic carbocycles. The van der Waals surface area contributed by atoms with Gasteiger partial charge in [-0.1, -0.05) is 11.6 Å². The highest BCUT2D eigenvalue weighted by molar-refractivity contribution is 6.31. The minimum atomic E-state index is -0.818. The minimum absolute atomic E-state index is 0.0444. The van der Waals surface area contributed by atoms with Gasteiger partial charge in [-0.15, -0.1) is 0 Å². The summed E-state index contributed by atoms with van der Waals surface area (Å²) in [6.45, 7) is -0.325. The highest BCUT2D eigenvalue weighted by atomic mass is 35.5. The molecule has 1 heterocycles. The zero-order chi connectivity index (χ0) is 18.8. The second-order valence-corrected chi connectivity index (χ2v) is 5.72. The van der Waals surface area contributed by atoms with Crippen LogP contribution in [0.1, 0.15) is 16.2 Å². The lowest BCUT2D eigenvalue weighted by molar-refractivity contribution is -0.383. The molecule has 0 saturated carbocycles. The van der Waals surface area contributed by atoms with E-state index >= 15 is 0 Å². The number of hydrogen-bond donors (Lipinski definition) is 2. The summed E-state index contributed by atoms with van der Waals surface area (Å²) in [6.07, 6.45) is 0. The normalized spacial score (nSPS) is 10.7. The summed E-state index contributed by atoms with van der Waals surface area (Å²) in [6, 6.07) is 8.18. The van der Waals surface area contributed by atoms with Gasteiger partial charge in [0.05, 0.1) is 21.4 Å². The van der Waals surface area contributed by atoms with Crippen molar-refractivity contribution >= 4 is 39.8 Å². The predicted molar refractivity (Wildman–Crippen MR) is 94.0 cm³/mol. The van der Waals surface area contributed by atoms with Gasteiger partial charge in [0, 0.05) is 11.1 Å². The summed E-state index contributed by atoms with van der Waals surface area (Å²) >= 11 is 5.88. The molecule has 0 atom stereocenters. The number of nitrogens with zero attached hydrogens (tertiary/aromatic N) is 2. The highest BCUT2D eigenvalue weighted by Gasteiger charge is 2.17. The van der Waals surface area contributed by atoms with Crippen molar-refractivity contribution in [3.8, 4) is 0 Å². The summed E-state index contributed by atoms with van der Waals surface area (Å²) in [4.78, 5) is 41.0. The van der Waals surface area contributed by atoms with Gasteiger partial charge in [-0.3, -0.25) is 14.9 Å². The Morgan fingerprint density at radius 3 is 2.81 bits per heavy atom. The lowest BCUT2D eigenvalue weighted by Crippen LogP contribution is -2.14. The smallest absolute Gasteiger partial charge is 0.338 e. The molecule has 3 aromatic rings. The second-order valence-electron chi connectivity index (χ2n) is 5.28. The third-order valence-electron chi connectivity index (χ3n) is 3.52. The largest absolute Gasteiger partial charge is 0.454 e. The Hall–Kier alpha value is -3.46. The van der Waals surface area contributed by atoms with Gasteiger partial charge in [-0.2, -0.15) is 0 Å². The molecule has 0 aliphatic rings. The van der Waals surface area contributed by atoms with E-state index in [9.17, 15) is 19.7 Å². The van der Waals surface area contributed by atoms with E-state index in [1.807, 2.05) is 0 Å². The van der Waals surface area contributed by atoms with E-state index in [1.54, 1.807) is 6.07 Å². The number of aromatic amines is 1. The van der Waals surface area contributed by atoms with E-state index in [2.05, 4.69) is 9.97 Å². The number of nitrogens with one attached hydrogen (secondary N) is 1. The molecule has 1 aromatic heterocycles. The van der Waals surface area contributed by atoms with Crippen molar-refractivity contribution in [2.75, 3.05) is 5.73 Å². The zero-order valence-electron chi connectivity index (χ0n) is 13.1. The lowest BCUT2D eigenvalue weighted by Gasteiger charge is -2.06. The maximum Gasteiger partial charge on any atom is 0.338 e. The zero-order valence-corrected chi connectivity index (χ0v) is 13.8. The van der Waals surface area contributed by atoms with Gasteiger partial charge in [0.15, 0.2) is 0 Å². The van der Waals surface area contributed by atoms with E-state index in [4.69, 9.17) is 22.1 Å². The number of H-pyrrole nitrogens is 1. The van der Waals surface area contributed by atoms with Crippen molar-refractivity contribution in [2.45, 2.75) is 6.61 Å². The van der Waals surface area contributed by atoms with Crippen molar-refractivity contribution in [3.05, 3.63) is 73.3 Å². The molecular formula is C16H11ClN4O5. The number of ether oxygens (including phenoxy) is 1. The van der Waals surface area contributed by atoms with Gasteiger partial charge in [0.2, 0.25) is 0 Å². The quantitative estimate of drug-likeness (QED) is 0.309. The van der Waals surface area contributed by atoms with Crippen LogP contribution in [0.2, 0.25) is 5.02 Å². The topological polar surface area (TPSA) is 141 Å². The Kier molecular flexibility index (Phi) is 4.55. The van der Waals surface area contributed by atoms with Gasteiger partial charge >= 0.3 is 5.97 Å². The number of nitro groups is 1. The number of nitrogens with two attached hydrogens (primary N) is 1. The Labute approximate surface area is 150 Å². The van der Waals surface area contributed by atoms with Crippen LogP contribution in [0, 0.1) is 10.1 Å². The molecule has 3 N–H and O–H groups in total. The number of nitrogen functional groups attached to an aromatic ring is 1. The van der Waals surface area contributed by atoms with Crippen LogP contribution in [0.3, 0.4) is 0 Å². The van der Waals surface area contributed by atoms with Gasteiger partial charge in [0.1, 0.15) is 18.1 Å². The molecule has 0 aliphatic heterocycles. The maximum atomic E-state index is 12.1. The van der Waals surface area contributed by atoms with Crippen LogP contribution in [0.25, 0.3) is 10.9 Å². The van der Waals surface area contributed by atoms with Crippen LogP contribution in [0.15, 0.2) is 41.2 Å². The first kappa shape index (κ1) is 17.4. The summed E-state index contributed by atoms with van der Waals surface area (Å²) in [5.74, 6) is -0.704. The van der Waals surface area contributed by atoms with Crippen molar-refractivity contribution < 1.29 is 14.5 Å². The van der Waals surface area contributed by atoms with Crippen LogP contribution in [-0.4, -0.2) is 20.9 Å². The number of rotatable bonds is 4. The van der Waals surface area contributed by atoms with E-state index < -0.39 is 22.1 Å². The third-order valence-corrected chi connectivity index (χ3v) is 3.76. The SMILES string of the molecule is Nc1ccc(C(=O)OCc2nc3cc(Cl)ccc3c(=O)[nH]2)cc1[N+](=O)[O-]. The van der Waals surface area contributed by atoms with Crippen LogP contribution < -0.4 is 11.3 Å². The Bertz CT molecular complexity index is 1100.